The molecule has 1 saturated heterocycles. The smallest absolute Gasteiger partial charge is 0.268 e. The van der Waals surface area contributed by atoms with Crippen LogP contribution in [-0.2, 0) is 4.79 Å². The average Bonchev–Trinajstić information content (AvgIpc) is 2.21. The highest BCUT2D eigenvalue weighted by molar-refractivity contribution is 5.82. The van der Waals surface area contributed by atoms with Crippen molar-refractivity contribution in [2.24, 2.45) is 5.92 Å². The maximum Gasteiger partial charge on any atom is 0.268 e. The van der Waals surface area contributed by atoms with Gasteiger partial charge in [0.05, 0.1) is 6.04 Å². The second-order valence-corrected chi connectivity index (χ2v) is 2.96. The van der Waals surface area contributed by atoms with E-state index in [0.717, 1.165) is 0 Å². The summed E-state index contributed by atoms with van der Waals surface area (Å²) in [5.74, 6) is -3.26. The van der Waals surface area contributed by atoms with Gasteiger partial charge in [-0.3, -0.25) is 4.79 Å². The Kier molecular flexibility index (Phi) is 0.904. The molecule has 0 aromatic carbocycles. The molecule has 1 aliphatic heterocycles. The number of carbonyl (C=O) groups is 1. The molecule has 0 aromatic heterocycles. The van der Waals surface area contributed by atoms with Crippen molar-refractivity contribution >= 4 is 5.91 Å². The minimum Gasteiger partial charge on any atom is -0.347 e. The average molecular weight is 147 g/mol. The molecule has 2 aliphatic rings. The summed E-state index contributed by atoms with van der Waals surface area (Å²) in [5.41, 5.74) is 0. The van der Waals surface area contributed by atoms with Crippen molar-refractivity contribution in [2.75, 3.05) is 0 Å². The van der Waals surface area contributed by atoms with E-state index in [1.165, 1.54) is 0 Å². The summed E-state index contributed by atoms with van der Waals surface area (Å²) in [6, 6.07) is -0.870. The van der Waals surface area contributed by atoms with E-state index in [2.05, 4.69) is 5.32 Å². The number of fused-ring (bicyclic) bond motifs is 2. The molecule has 4 heteroatoms. The van der Waals surface area contributed by atoms with E-state index < -0.39 is 17.9 Å². The van der Waals surface area contributed by atoms with Gasteiger partial charge in [0.1, 0.15) is 0 Å². The van der Waals surface area contributed by atoms with Crippen LogP contribution in [0.15, 0.2) is 0 Å². The van der Waals surface area contributed by atoms with Crippen molar-refractivity contribution in [3.8, 4) is 0 Å². The van der Waals surface area contributed by atoms with Crippen LogP contribution < -0.4 is 5.32 Å². The van der Waals surface area contributed by atoms with E-state index in [4.69, 9.17) is 0 Å². The zero-order chi connectivity index (χ0) is 7.35. The number of nitrogens with one attached hydrogen (secondary N) is 1. The lowest BCUT2D eigenvalue weighted by molar-refractivity contribution is -0.130. The molecule has 1 heterocycles. The molecular weight excluding hydrogens is 140 g/mol. The summed E-state index contributed by atoms with van der Waals surface area (Å²) in [5, 5.41) is 2.25. The number of carbonyl (C=O) groups excluding carboxylic acids is 1. The molecule has 2 atom stereocenters. The van der Waals surface area contributed by atoms with Crippen LogP contribution in [0.5, 0.6) is 0 Å². The molecule has 1 N–H and O–H groups in total. The van der Waals surface area contributed by atoms with Gasteiger partial charge >= 0.3 is 0 Å². The van der Waals surface area contributed by atoms with Crippen molar-refractivity contribution < 1.29 is 13.6 Å². The molecule has 2 nitrogen and oxygen atoms in total. The van der Waals surface area contributed by atoms with Gasteiger partial charge in [0.15, 0.2) is 0 Å². The fourth-order valence-electron chi connectivity index (χ4n) is 1.66. The lowest BCUT2D eigenvalue weighted by Crippen LogP contribution is -2.44. The van der Waals surface area contributed by atoms with Crippen LogP contribution in [0.25, 0.3) is 0 Å². The number of amides is 1. The van der Waals surface area contributed by atoms with Crippen LogP contribution in [0.4, 0.5) is 8.78 Å². The van der Waals surface area contributed by atoms with Crippen LogP contribution in [-0.4, -0.2) is 17.9 Å². The van der Waals surface area contributed by atoms with Gasteiger partial charge in [-0.2, -0.15) is 0 Å². The largest absolute Gasteiger partial charge is 0.347 e. The maximum absolute atomic E-state index is 12.6. The quantitative estimate of drug-likeness (QED) is 0.532. The highest BCUT2D eigenvalue weighted by Gasteiger charge is 2.56. The first-order chi connectivity index (χ1) is 4.59. The van der Waals surface area contributed by atoms with Gasteiger partial charge in [-0.05, 0) is 6.42 Å². The fourth-order valence-corrected chi connectivity index (χ4v) is 1.66. The fraction of sp³-hybridized carbons (Fsp3) is 0.833. The summed E-state index contributed by atoms with van der Waals surface area (Å²) in [6.45, 7) is 0. The van der Waals surface area contributed by atoms with Crippen LogP contribution in [0.1, 0.15) is 12.8 Å². The van der Waals surface area contributed by atoms with Gasteiger partial charge in [0, 0.05) is 12.3 Å². The Hall–Kier alpha value is -0.670. The molecule has 0 unspecified atom stereocenters. The third-order valence-corrected chi connectivity index (χ3v) is 2.24. The minimum atomic E-state index is -2.64. The maximum atomic E-state index is 12.6. The molecule has 1 saturated carbocycles. The van der Waals surface area contributed by atoms with Crippen LogP contribution >= 0.6 is 0 Å². The van der Waals surface area contributed by atoms with Gasteiger partial charge in [-0.1, -0.05) is 0 Å². The van der Waals surface area contributed by atoms with E-state index in [1.54, 1.807) is 0 Å². The number of hydrogen-bond donors (Lipinski definition) is 1. The highest BCUT2D eigenvalue weighted by Crippen LogP contribution is 2.43. The molecule has 1 amide bonds. The van der Waals surface area contributed by atoms with Gasteiger partial charge in [0.2, 0.25) is 5.91 Å². The molecule has 1 aliphatic carbocycles. The Morgan fingerprint density at radius 2 is 2.30 bits per heavy atom. The summed E-state index contributed by atoms with van der Waals surface area (Å²) in [7, 11) is 0. The SMILES string of the molecule is O=C1N[C@H]2C[C@@H]1CC2(F)F. The summed E-state index contributed by atoms with van der Waals surface area (Å²) >= 11 is 0. The molecule has 0 radical (unpaired) electrons. The minimum absolute atomic E-state index is 0.198. The zero-order valence-corrected chi connectivity index (χ0v) is 5.23. The van der Waals surface area contributed by atoms with Crippen molar-refractivity contribution in [3.63, 3.8) is 0 Å². The Morgan fingerprint density at radius 3 is 2.60 bits per heavy atom. The van der Waals surface area contributed by atoms with Crippen molar-refractivity contribution in [2.45, 2.75) is 24.8 Å². The van der Waals surface area contributed by atoms with Gasteiger partial charge in [0.25, 0.3) is 5.92 Å². The summed E-state index contributed by atoms with van der Waals surface area (Å²) in [4.78, 5) is 10.7. The summed E-state index contributed by atoms with van der Waals surface area (Å²) < 4.78 is 25.2. The summed E-state index contributed by atoms with van der Waals surface area (Å²) in [6.07, 6.45) is 0.0787. The standard InChI is InChI=1S/C6H7F2NO/c7-6(8)2-3-1-4(6)9-5(3)10/h3-4H,1-2H2,(H,9,10)/t3-,4+/m1/s1. The molecule has 0 spiro atoms. The molecule has 2 rings (SSSR count). The number of halogens is 2. The topological polar surface area (TPSA) is 29.1 Å². The van der Waals surface area contributed by atoms with Crippen molar-refractivity contribution in [1.82, 2.24) is 5.32 Å². The molecule has 0 aromatic rings. The van der Waals surface area contributed by atoms with Crippen molar-refractivity contribution in [3.05, 3.63) is 0 Å². The third-order valence-electron chi connectivity index (χ3n) is 2.24. The molecule has 56 valence electrons. The molecule has 10 heavy (non-hydrogen) atoms. The van der Waals surface area contributed by atoms with Gasteiger partial charge in [-0.15, -0.1) is 0 Å². The second-order valence-electron chi connectivity index (χ2n) is 2.96. The normalized spacial score (nSPS) is 42.0. The zero-order valence-electron chi connectivity index (χ0n) is 5.23. The Bertz CT molecular complexity index is 192. The van der Waals surface area contributed by atoms with Crippen LogP contribution in [0.3, 0.4) is 0 Å². The highest BCUT2D eigenvalue weighted by atomic mass is 19.3. The van der Waals surface area contributed by atoms with E-state index in [-0.39, 0.29) is 12.3 Å². The lowest BCUT2D eigenvalue weighted by atomic mass is 10.1. The predicted octanol–water partition coefficient (Wildman–Crippen LogP) is 0.530. The number of hydrogen-bond acceptors (Lipinski definition) is 1. The number of alkyl halides is 2. The van der Waals surface area contributed by atoms with E-state index in [1.807, 2.05) is 0 Å². The van der Waals surface area contributed by atoms with Gasteiger partial charge < -0.3 is 5.32 Å². The molecule has 2 bridgehead atoms. The number of rotatable bonds is 0. The van der Waals surface area contributed by atoms with E-state index in [0.29, 0.717) is 6.42 Å². The monoisotopic (exact) mass is 147 g/mol. The molecule has 2 fully saturated rings. The first-order valence-corrected chi connectivity index (χ1v) is 3.28. The Balaban J connectivity index is 2.24. The van der Waals surface area contributed by atoms with E-state index >= 15 is 0 Å². The van der Waals surface area contributed by atoms with E-state index in [9.17, 15) is 13.6 Å². The van der Waals surface area contributed by atoms with Gasteiger partial charge in [-0.25, -0.2) is 8.78 Å². The molecular formula is C6H7F2NO. The third kappa shape index (κ3) is 0.589. The second kappa shape index (κ2) is 1.49. The van der Waals surface area contributed by atoms with Crippen molar-refractivity contribution in [1.29, 1.82) is 0 Å². The Labute approximate surface area is 56.6 Å². The van der Waals surface area contributed by atoms with Crippen LogP contribution in [0.2, 0.25) is 0 Å². The van der Waals surface area contributed by atoms with Crippen LogP contribution in [0, 0.1) is 5.92 Å². The lowest BCUT2D eigenvalue weighted by Gasteiger charge is -2.21. The Morgan fingerprint density at radius 1 is 1.60 bits per heavy atom. The number of piperidine rings is 1. The predicted molar refractivity (Wildman–Crippen MR) is 29.6 cm³/mol. The first-order valence-electron chi connectivity index (χ1n) is 3.28. The first kappa shape index (κ1) is 6.07.